The van der Waals surface area contributed by atoms with E-state index in [1.54, 1.807) is 25.3 Å². The Labute approximate surface area is 138 Å². The molecule has 5 nitrogen and oxygen atoms in total. The number of carbonyl (C=O) groups is 1. The first-order valence-electron chi connectivity index (χ1n) is 8.40. The number of hydrogen-bond donors (Lipinski definition) is 2. The second-order valence-electron chi connectivity index (χ2n) is 6.39. The minimum atomic E-state index is -0.0789. The Morgan fingerprint density at radius 2 is 2.04 bits per heavy atom. The third-order valence-corrected chi connectivity index (χ3v) is 4.32. The van der Waals surface area contributed by atoms with Crippen molar-refractivity contribution in [1.82, 2.24) is 5.32 Å². The quantitative estimate of drug-likeness (QED) is 0.845. The summed E-state index contributed by atoms with van der Waals surface area (Å²) in [6, 6.07) is 5.46. The van der Waals surface area contributed by atoms with Crippen LogP contribution in [-0.4, -0.2) is 31.7 Å². The predicted octanol–water partition coefficient (Wildman–Crippen LogP) is 2.73. The van der Waals surface area contributed by atoms with Gasteiger partial charge in [0.05, 0.1) is 13.2 Å². The average molecular weight is 320 g/mol. The van der Waals surface area contributed by atoms with Crippen LogP contribution in [0.4, 0.5) is 0 Å². The van der Waals surface area contributed by atoms with Crippen LogP contribution in [0, 0.1) is 5.92 Å². The number of carbonyl (C=O) groups excluding carboxylic acids is 1. The maximum atomic E-state index is 12.5. The highest BCUT2D eigenvalue weighted by Gasteiger charge is 2.26. The van der Waals surface area contributed by atoms with E-state index in [9.17, 15) is 4.79 Å². The molecule has 0 aromatic heterocycles. The average Bonchev–Trinajstić information content (AvgIpc) is 2.55. The van der Waals surface area contributed by atoms with E-state index < -0.39 is 0 Å². The van der Waals surface area contributed by atoms with Crippen LogP contribution in [-0.2, 0) is 0 Å². The van der Waals surface area contributed by atoms with Crippen molar-refractivity contribution in [1.29, 1.82) is 0 Å². The first kappa shape index (κ1) is 17.6. The Kier molecular flexibility index (Phi) is 6.28. The molecule has 1 aliphatic carbocycles. The van der Waals surface area contributed by atoms with Gasteiger partial charge in [-0.05, 0) is 57.4 Å². The molecule has 2 unspecified atom stereocenters. The fourth-order valence-corrected chi connectivity index (χ4v) is 3.09. The van der Waals surface area contributed by atoms with Gasteiger partial charge in [-0.1, -0.05) is 12.8 Å². The lowest BCUT2D eigenvalue weighted by Gasteiger charge is -2.31. The van der Waals surface area contributed by atoms with E-state index in [0.717, 1.165) is 19.3 Å². The molecule has 128 valence electrons. The first-order chi connectivity index (χ1) is 11.0. The van der Waals surface area contributed by atoms with Crippen molar-refractivity contribution in [2.45, 2.75) is 51.7 Å². The van der Waals surface area contributed by atoms with E-state index in [1.165, 1.54) is 6.42 Å². The molecule has 1 aromatic rings. The van der Waals surface area contributed by atoms with Gasteiger partial charge in [0.15, 0.2) is 11.5 Å². The summed E-state index contributed by atoms with van der Waals surface area (Å²) in [5.41, 5.74) is 6.41. The molecule has 2 atom stereocenters. The topological polar surface area (TPSA) is 73.6 Å². The maximum Gasteiger partial charge on any atom is 0.251 e. The zero-order valence-electron chi connectivity index (χ0n) is 14.3. The summed E-state index contributed by atoms with van der Waals surface area (Å²) in [5.74, 6) is 1.52. The van der Waals surface area contributed by atoms with Gasteiger partial charge in [0.1, 0.15) is 0 Å². The van der Waals surface area contributed by atoms with Crippen LogP contribution in [0.3, 0.4) is 0 Å². The molecule has 0 radical (unpaired) electrons. The molecule has 0 heterocycles. The molecule has 0 saturated heterocycles. The van der Waals surface area contributed by atoms with Crippen LogP contribution in [0.2, 0.25) is 0 Å². The van der Waals surface area contributed by atoms with Gasteiger partial charge in [0.25, 0.3) is 5.91 Å². The lowest BCUT2D eigenvalue weighted by molar-refractivity contribution is 0.0907. The van der Waals surface area contributed by atoms with E-state index in [1.807, 2.05) is 13.8 Å². The summed E-state index contributed by atoms with van der Waals surface area (Å²) in [6.07, 6.45) is 4.48. The zero-order chi connectivity index (χ0) is 16.8. The van der Waals surface area contributed by atoms with Crippen LogP contribution < -0.4 is 20.5 Å². The van der Waals surface area contributed by atoms with Gasteiger partial charge >= 0.3 is 0 Å². The largest absolute Gasteiger partial charge is 0.493 e. The fraction of sp³-hybridized carbons (Fsp3) is 0.611. The van der Waals surface area contributed by atoms with Crippen LogP contribution in [0.1, 0.15) is 49.9 Å². The van der Waals surface area contributed by atoms with Crippen molar-refractivity contribution in [3.8, 4) is 11.5 Å². The molecular weight excluding hydrogens is 292 g/mol. The standard InChI is InChI=1S/C18H28N2O3/c1-12(2)23-16-9-8-13(10-17(16)22-3)18(21)20-15-7-5-4-6-14(15)11-19/h8-10,12,14-15H,4-7,11,19H2,1-3H3,(H,20,21). The maximum absolute atomic E-state index is 12.5. The summed E-state index contributed by atoms with van der Waals surface area (Å²) in [6.45, 7) is 4.53. The Bertz CT molecular complexity index is 531. The molecule has 1 aromatic carbocycles. The second kappa shape index (κ2) is 8.20. The van der Waals surface area contributed by atoms with Crippen molar-refractivity contribution in [3.05, 3.63) is 23.8 Å². The smallest absolute Gasteiger partial charge is 0.251 e. The monoisotopic (exact) mass is 320 g/mol. The van der Waals surface area contributed by atoms with E-state index in [2.05, 4.69) is 5.32 Å². The third kappa shape index (κ3) is 4.61. The van der Waals surface area contributed by atoms with Crippen molar-refractivity contribution in [2.24, 2.45) is 11.7 Å². The lowest BCUT2D eigenvalue weighted by Crippen LogP contribution is -2.44. The lowest BCUT2D eigenvalue weighted by atomic mass is 9.84. The summed E-state index contributed by atoms with van der Waals surface area (Å²) in [4.78, 5) is 12.5. The third-order valence-electron chi connectivity index (χ3n) is 4.32. The molecule has 1 fully saturated rings. The molecule has 1 aliphatic rings. The van der Waals surface area contributed by atoms with Crippen LogP contribution in [0.25, 0.3) is 0 Å². The van der Waals surface area contributed by atoms with Gasteiger partial charge in [-0.25, -0.2) is 0 Å². The minimum Gasteiger partial charge on any atom is -0.493 e. The Balaban J connectivity index is 2.09. The second-order valence-corrected chi connectivity index (χ2v) is 6.39. The number of ether oxygens (including phenoxy) is 2. The van der Waals surface area contributed by atoms with Crippen molar-refractivity contribution < 1.29 is 14.3 Å². The molecule has 0 aliphatic heterocycles. The van der Waals surface area contributed by atoms with Gasteiger partial charge in [0.2, 0.25) is 0 Å². The SMILES string of the molecule is COc1cc(C(=O)NC2CCCCC2CN)ccc1OC(C)C. The number of methoxy groups -OCH3 is 1. The van der Waals surface area contributed by atoms with Crippen molar-refractivity contribution in [2.75, 3.05) is 13.7 Å². The molecule has 5 heteroatoms. The van der Waals surface area contributed by atoms with Crippen LogP contribution >= 0.6 is 0 Å². The fourth-order valence-electron chi connectivity index (χ4n) is 3.09. The van der Waals surface area contributed by atoms with E-state index in [4.69, 9.17) is 15.2 Å². The number of benzene rings is 1. The summed E-state index contributed by atoms with van der Waals surface area (Å²) >= 11 is 0. The summed E-state index contributed by atoms with van der Waals surface area (Å²) in [5, 5.41) is 3.13. The predicted molar refractivity (Wildman–Crippen MR) is 91.0 cm³/mol. The van der Waals surface area contributed by atoms with E-state index in [0.29, 0.717) is 29.5 Å². The molecule has 0 bridgehead atoms. The molecule has 2 rings (SSSR count). The Morgan fingerprint density at radius 3 is 2.70 bits per heavy atom. The number of hydrogen-bond acceptors (Lipinski definition) is 4. The van der Waals surface area contributed by atoms with Crippen LogP contribution in [0.5, 0.6) is 11.5 Å². The molecule has 1 saturated carbocycles. The molecule has 23 heavy (non-hydrogen) atoms. The van der Waals surface area contributed by atoms with Gasteiger partial charge < -0.3 is 20.5 Å². The first-order valence-corrected chi connectivity index (χ1v) is 8.40. The molecule has 0 spiro atoms. The normalized spacial score (nSPS) is 21.1. The number of amides is 1. The van der Waals surface area contributed by atoms with Crippen molar-refractivity contribution in [3.63, 3.8) is 0 Å². The Morgan fingerprint density at radius 1 is 1.30 bits per heavy atom. The zero-order valence-corrected chi connectivity index (χ0v) is 14.3. The molecular formula is C18H28N2O3. The highest BCUT2D eigenvalue weighted by Crippen LogP contribution is 2.29. The summed E-state index contributed by atoms with van der Waals surface area (Å²) in [7, 11) is 1.58. The number of rotatable bonds is 6. The van der Waals surface area contributed by atoms with Gasteiger partial charge in [-0.2, -0.15) is 0 Å². The highest BCUT2D eigenvalue weighted by atomic mass is 16.5. The van der Waals surface area contributed by atoms with Gasteiger partial charge in [-0.3, -0.25) is 4.79 Å². The molecule has 3 N–H and O–H groups in total. The van der Waals surface area contributed by atoms with Crippen molar-refractivity contribution >= 4 is 5.91 Å². The van der Waals surface area contributed by atoms with Gasteiger partial charge in [-0.15, -0.1) is 0 Å². The Hall–Kier alpha value is -1.75. The van der Waals surface area contributed by atoms with Crippen LogP contribution in [0.15, 0.2) is 18.2 Å². The highest BCUT2D eigenvalue weighted by molar-refractivity contribution is 5.95. The minimum absolute atomic E-state index is 0.0520. The number of nitrogens with two attached hydrogens (primary N) is 1. The molecule has 1 amide bonds. The van der Waals surface area contributed by atoms with E-state index in [-0.39, 0.29) is 18.1 Å². The van der Waals surface area contributed by atoms with E-state index >= 15 is 0 Å². The van der Waals surface area contributed by atoms with Gasteiger partial charge in [0, 0.05) is 11.6 Å². The number of nitrogens with one attached hydrogen (secondary N) is 1. The summed E-state index contributed by atoms with van der Waals surface area (Å²) < 4.78 is 11.0.